The third-order valence-corrected chi connectivity index (χ3v) is 1.82. The molecule has 0 atom stereocenters. The van der Waals surface area contributed by atoms with Crippen molar-refractivity contribution < 1.29 is 9.90 Å². The standard InChI is InChI=1S/C11H17N3O2/c1-8(2)13-10-5-3-4-9(14-10)11(16)12-6-7-15/h3-5,8,15H,6-7H2,1-2H3,(H,12,16)(H,13,14). The molecule has 0 saturated carbocycles. The molecule has 0 aliphatic heterocycles. The Morgan fingerprint density at radius 2 is 2.25 bits per heavy atom. The van der Waals surface area contributed by atoms with Crippen LogP contribution in [0, 0.1) is 0 Å². The maximum atomic E-state index is 11.5. The molecule has 1 aromatic rings. The van der Waals surface area contributed by atoms with Gasteiger partial charge in [-0.3, -0.25) is 4.79 Å². The van der Waals surface area contributed by atoms with Crippen LogP contribution in [0.1, 0.15) is 24.3 Å². The minimum absolute atomic E-state index is 0.0737. The molecule has 1 heterocycles. The molecule has 0 saturated heterocycles. The maximum Gasteiger partial charge on any atom is 0.270 e. The first-order valence-corrected chi connectivity index (χ1v) is 5.26. The average Bonchev–Trinajstić information content (AvgIpc) is 2.25. The zero-order valence-corrected chi connectivity index (χ0v) is 9.53. The fraction of sp³-hybridized carbons (Fsp3) is 0.455. The molecule has 0 aliphatic carbocycles. The van der Waals surface area contributed by atoms with Crippen molar-refractivity contribution in [2.75, 3.05) is 18.5 Å². The Morgan fingerprint density at radius 1 is 1.50 bits per heavy atom. The van der Waals surface area contributed by atoms with Crippen LogP contribution in [-0.2, 0) is 0 Å². The maximum absolute atomic E-state index is 11.5. The summed E-state index contributed by atoms with van der Waals surface area (Å²) in [4.78, 5) is 15.7. The van der Waals surface area contributed by atoms with Gasteiger partial charge in [-0.1, -0.05) is 6.07 Å². The lowest BCUT2D eigenvalue weighted by Crippen LogP contribution is -2.27. The summed E-state index contributed by atoms with van der Waals surface area (Å²) in [6.45, 7) is 4.17. The molecule has 1 rings (SSSR count). The van der Waals surface area contributed by atoms with Gasteiger partial charge in [0.05, 0.1) is 6.61 Å². The highest BCUT2D eigenvalue weighted by Gasteiger charge is 2.07. The second-order valence-corrected chi connectivity index (χ2v) is 3.69. The molecular weight excluding hydrogens is 206 g/mol. The summed E-state index contributed by atoms with van der Waals surface area (Å²) in [7, 11) is 0. The Balaban J connectivity index is 2.69. The molecule has 88 valence electrons. The number of aliphatic hydroxyl groups excluding tert-OH is 1. The second-order valence-electron chi connectivity index (χ2n) is 3.69. The van der Waals surface area contributed by atoms with Crippen molar-refractivity contribution in [3.05, 3.63) is 23.9 Å². The molecule has 0 fully saturated rings. The van der Waals surface area contributed by atoms with Crippen molar-refractivity contribution in [1.82, 2.24) is 10.3 Å². The summed E-state index contributed by atoms with van der Waals surface area (Å²) in [5, 5.41) is 14.3. The average molecular weight is 223 g/mol. The monoisotopic (exact) mass is 223 g/mol. The molecule has 5 heteroatoms. The van der Waals surface area contributed by atoms with Crippen LogP contribution in [0.3, 0.4) is 0 Å². The molecule has 0 bridgehead atoms. The molecule has 0 unspecified atom stereocenters. The predicted octanol–water partition coefficient (Wildman–Crippen LogP) is 0.624. The molecule has 1 aromatic heterocycles. The van der Waals surface area contributed by atoms with Gasteiger partial charge in [-0.05, 0) is 26.0 Å². The number of nitrogens with one attached hydrogen (secondary N) is 2. The van der Waals surface area contributed by atoms with Gasteiger partial charge in [0.1, 0.15) is 11.5 Å². The fourth-order valence-corrected chi connectivity index (χ4v) is 1.20. The quantitative estimate of drug-likeness (QED) is 0.684. The number of amides is 1. The fourth-order valence-electron chi connectivity index (χ4n) is 1.20. The smallest absolute Gasteiger partial charge is 0.270 e. The van der Waals surface area contributed by atoms with E-state index in [2.05, 4.69) is 15.6 Å². The van der Waals surface area contributed by atoms with Crippen LogP contribution >= 0.6 is 0 Å². The van der Waals surface area contributed by atoms with Gasteiger partial charge in [-0.25, -0.2) is 4.98 Å². The molecule has 0 spiro atoms. The Bertz CT molecular complexity index is 353. The first kappa shape index (κ1) is 12.4. The third-order valence-electron chi connectivity index (χ3n) is 1.82. The highest BCUT2D eigenvalue weighted by Crippen LogP contribution is 2.06. The van der Waals surface area contributed by atoms with Crippen LogP contribution in [-0.4, -0.2) is 35.2 Å². The molecule has 16 heavy (non-hydrogen) atoms. The normalized spacial score (nSPS) is 10.2. The number of carbonyl (C=O) groups is 1. The van der Waals surface area contributed by atoms with Gasteiger partial charge >= 0.3 is 0 Å². The van der Waals surface area contributed by atoms with Crippen molar-refractivity contribution in [3.8, 4) is 0 Å². The largest absolute Gasteiger partial charge is 0.395 e. The van der Waals surface area contributed by atoms with E-state index in [9.17, 15) is 4.79 Å². The van der Waals surface area contributed by atoms with E-state index in [1.165, 1.54) is 0 Å². The van der Waals surface area contributed by atoms with Crippen LogP contribution in [0.5, 0.6) is 0 Å². The van der Waals surface area contributed by atoms with Gasteiger partial charge < -0.3 is 15.7 Å². The number of anilines is 1. The summed E-state index contributed by atoms with van der Waals surface area (Å²) in [5.41, 5.74) is 0.346. The number of hydrogen-bond acceptors (Lipinski definition) is 4. The number of pyridine rings is 1. The van der Waals surface area contributed by atoms with E-state index in [1.807, 2.05) is 19.9 Å². The number of aliphatic hydroxyl groups is 1. The van der Waals surface area contributed by atoms with Crippen LogP contribution < -0.4 is 10.6 Å². The summed E-state index contributed by atoms with van der Waals surface area (Å²) < 4.78 is 0. The molecule has 3 N–H and O–H groups in total. The van der Waals surface area contributed by atoms with Gasteiger partial charge in [0.15, 0.2) is 0 Å². The highest BCUT2D eigenvalue weighted by molar-refractivity contribution is 5.92. The van der Waals surface area contributed by atoms with Crippen molar-refractivity contribution in [2.24, 2.45) is 0 Å². The summed E-state index contributed by atoms with van der Waals surface area (Å²) in [5.74, 6) is 0.396. The molecular formula is C11H17N3O2. The SMILES string of the molecule is CC(C)Nc1cccc(C(=O)NCCO)n1. The zero-order chi connectivity index (χ0) is 12.0. The van der Waals surface area contributed by atoms with Crippen LogP contribution in [0.2, 0.25) is 0 Å². The number of aromatic nitrogens is 1. The molecule has 0 aliphatic rings. The minimum Gasteiger partial charge on any atom is -0.395 e. The molecule has 1 amide bonds. The van der Waals surface area contributed by atoms with Crippen LogP contribution in [0.4, 0.5) is 5.82 Å². The number of carbonyl (C=O) groups excluding carboxylic acids is 1. The summed E-state index contributed by atoms with van der Waals surface area (Å²) >= 11 is 0. The Kier molecular flexibility index (Phi) is 4.72. The van der Waals surface area contributed by atoms with Crippen molar-refractivity contribution in [3.63, 3.8) is 0 Å². The number of hydrogen-bond donors (Lipinski definition) is 3. The minimum atomic E-state index is -0.276. The van der Waals surface area contributed by atoms with Crippen molar-refractivity contribution in [2.45, 2.75) is 19.9 Å². The van der Waals surface area contributed by atoms with Gasteiger partial charge in [0.2, 0.25) is 0 Å². The first-order chi connectivity index (χ1) is 7.63. The van der Waals surface area contributed by atoms with Crippen LogP contribution in [0.15, 0.2) is 18.2 Å². The van der Waals surface area contributed by atoms with E-state index in [0.29, 0.717) is 11.5 Å². The Hall–Kier alpha value is -1.62. The molecule has 5 nitrogen and oxygen atoms in total. The Labute approximate surface area is 94.9 Å². The Morgan fingerprint density at radius 3 is 2.88 bits per heavy atom. The van der Waals surface area contributed by atoms with Gasteiger partial charge in [0, 0.05) is 12.6 Å². The van der Waals surface area contributed by atoms with Gasteiger partial charge in [0.25, 0.3) is 5.91 Å². The van der Waals surface area contributed by atoms with Crippen molar-refractivity contribution in [1.29, 1.82) is 0 Å². The zero-order valence-electron chi connectivity index (χ0n) is 9.53. The van der Waals surface area contributed by atoms with E-state index >= 15 is 0 Å². The number of nitrogens with zero attached hydrogens (tertiary/aromatic N) is 1. The lowest BCUT2D eigenvalue weighted by Gasteiger charge is -2.10. The molecule has 0 aromatic carbocycles. The lowest BCUT2D eigenvalue weighted by atomic mass is 10.3. The van der Waals surface area contributed by atoms with E-state index in [1.54, 1.807) is 12.1 Å². The van der Waals surface area contributed by atoms with Gasteiger partial charge in [-0.15, -0.1) is 0 Å². The van der Waals surface area contributed by atoms with E-state index in [4.69, 9.17) is 5.11 Å². The summed E-state index contributed by atoms with van der Waals surface area (Å²) in [6.07, 6.45) is 0. The first-order valence-electron chi connectivity index (χ1n) is 5.26. The van der Waals surface area contributed by atoms with E-state index < -0.39 is 0 Å². The van der Waals surface area contributed by atoms with Crippen molar-refractivity contribution >= 4 is 11.7 Å². The lowest BCUT2D eigenvalue weighted by molar-refractivity contribution is 0.0940. The van der Waals surface area contributed by atoms with Crippen LogP contribution in [0.25, 0.3) is 0 Å². The second kappa shape index (κ2) is 6.07. The topological polar surface area (TPSA) is 74.2 Å². The van der Waals surface area contributed by atoms with E-state index in [-0.39, 0.29) is 25.1 Å². The summed E-state index contributed by atoms with van der Waals surface area (Å²) in [6, 6.07) is 5.48. The third kappa shape index (κ3) is 3.86. The number of rotatable bonds is 5. The van der Waals surface area contributed by atoms with Gasteiger partial charge in [-0.2, -0.15) is 0 Å². The van der Waals surface area contributed by atoms with E-state index in [0.717, 1.165) is 0 Å². The highest BCUT2D eigenvalue weighted by atomic mass is 16.3. The predicted molar refractivity (Wildman–Crippen MR) is 62.4 cm³/mol. The molecule has 0 radical (unpaired) electrons.